The van der Waals surface area contributed by atoms with Crippen LogP contribution in [0.5, 0.6) is 0 Å². The van der Waals surface area contributed by atoms with E-state index in [2.05, 4.69) is 15.9 Å². The van der Waals surface area contributed by atoms with Crippen molar-refractivity contribution in [3.8, 4) is 0 Å². The van der Waals surface area contributed by atoms with Gasteiger partial charge in [0.1, 0.15) is 0 Å². The first kappa shape index (κ1) is 19.3. The molecule has 0 saturated heterocycles. The predicted octanol–water partition coefficient (Wildman–Crippen LogP) is 3.99. The maximum atomic E-state index is 13.1. The van der Waals surface area contributed by atoms with Gasteiger partial charge in [-0.2, -0.15) is 0 Å². The van der Waals surface area contributed by atoms with Crippen molar-refractivity contribution in [3.63, 3.8) is 0 Å². The number of halogens is 1. The van der Waals surface area contributed by atoms with E-state index in [0.717, 1.165) is 10.0 Å². The van der Waals surface area contributed by atoms with Crippen molar-refractivity contribution in [2.75, 3.05) is 19.8 Å². The Bertz CT molecular complexity index is 518. The van der Waals surface area contributed by atoms with E-state index >= 15 is 0 Å². The number of carbonyl (C=O) groups is 1. The summed E-state index contributed by atoms with van der Waals surface area (Å²) in [7, 11) is -3.43. The molecule has 22 heavy (non-hydrogen) atoms. The molecule has 0 radical (unpaired) electrons. The molecule has 6 nitrogen and oxygen atoms in total. The van der Waals surface area contributed by atoms with Gasteiger partial charge >= 0.3 is 7.60 Å². The van der Waals surface area contributed by atoms with E-state index < -0.39 is 13.3 Å². The maximum Gasteiger partial charge on any atom is 0.338 e. The Hall–Kier alpha value is -0.720. The van der Waals surface area contributed by atoms with Crippen molar-refractivity contribution in [2.24, 2.45) is 0 Å². The number of carbonyl (C=O) groups excluding carboxylic acids is 1. The van der Waals surface area contributed by atoms with Crippen LogP contribution >= 0.6 is 23.5 Å². The zero-order valence-electron chi connectivity index (χ0n) is 12.6. The zero-order chi connectivity index (χ0) is 16.6. The molecular weight excluding hydrogens is 373 g/mol. The average molecular weight is 394 g/mol. The molecule has 1 aromatic rings. The Morgan fingerprint density at radius 3 is 2.41 bits per heavy atom. The first-order valence-electron chi connectivity index (χ1n) is 7.02. The van der Waals surface area contributed by atoms with Crippen LogP contribution in [0.2, 0.25) is 0 Å². The van der Waals surface area contributed by atoms with E-state index in [1.807, 2.05) is 24.3 Å². The number of hydroxylamine groups is 2. The van der Waals surface area contributed by atoms with E-state index in [0.29, 0.717) is 11.5 Å². The minimum absolute atomic E-state index is 0.0274. The summed E-state index contributed by atoms with van der Waals surface area (Å²) in [6, 6.07) is 7.33. The van der Waals surface area contributed by atoms with Gasteiger partial charge in [-0.15, -0.1) is 0 Å². The van der Waals surface area contributed by atoms with Crippen LogP contribution in [0, 0.1) is 0 Å². The van der Waals surface area contributed by atoms with Crippen molar-refractivity contribution >= 4 is 29.9 Å². The lowest BCUT2D eigenvalue weighted by atomic mass is 10.1. The molecule has 0 saturated carbocycles. The van der Waals surface area contributed by atoms with Gasteiger partial charge in [-0.05, 0) is 31.9 Å². The molecule has 1 atom stereocenters. The van der Waals surface area contributed by atoms with E-state index in [1.54, 1.807) is 13.8 Å². The summed E-state index contributed by atoms with van der Waals surface area (Å²) >= 11 is 3.44. The summed E-state index contributed by atoms with van der Waals surface area (Å²) in [6.45, 7) is 4.00. The van der Waals surface area contributed by atoms with Gasteiger partial charge < -0.3 is 9.05 Å². The number of rotatable bonds is 10. The van der Waals surface area contributed by atoms with Crippen molar-refractivity contribution < 1.29 is 23.6 Å². The fourth-order valence-corrected chi connectivity index (χ4v) is 5.00. The topological polar surface area (TPSA) is 76.1 Å². The Morgan fingerprint density at radius 1 is 1.32 bits per heavy atom. The summed E-state index contributed by atoms with van der Waals surface area (Å²) in [4.78, 5) is 10.6. The SMILES string of the molecule is CCOP(=O)(OCC)C(CCN(O)C=O)c1ccccc1Br. The number of hydrogen-bond donors (Lipinski definition) is 1. The summed E-state index contributed by atoms with van der Waals surface area (Å²) < 4.78 is 24.7. The molecule has 1 N–H and O–H groups in total. The third kappa shape index (κ3) is 5.18. The number of nitrogens with zero attached hydrogens (tertiary/aromatic N) is 1. The maximum absolute atomic E-state index is 13.1. The lowest BCUT2D eigenvalue weighted by Gasteiger charge is -2.28. The monoisotopic (exact) mass is 393 g/mol. The summed E-state index contributed by atoms with van der Waals surface area (Å²) in [5.41, 5.74) is 0.171. The minimum Gasteiger partial charge on any atom is -0.308 e. The fourth-order valence-electron chi connectivity index (χ4n) is 2.11. The van der Waals surface area contributed by atoms with Crippen LogP contribution < -0.4 is 0 Å². The lowest BCUT2D eigenvalue weighted by Crippen LogP contribution is -2.21. The largest absolute Gasteiger partial charge is 0.338 e. The molecule has 1 amide bonds. The van der Waals surface area contributed by atoms with Crippen molar-refractivity contribution in [1.82, 2.24) is 5.06 Å². The van der Waals surface area contributed by atoms with Crippen LogP contribution in [0.1, 0.15) is 31.5 Å². The highest BCUT2D eigenvalue weighted by molar-refractivity contribution is 9.10. The lowest BCUT2D eigenvalue weighted by molar-refractivity contribution is -0.149. The van der Waals surface area contributed by atoms with Crippen LogP contribution in [0.4, 0.5) is 0 Å². The van der Waals surface area contributed by atoms with Gasteiger partial charge in [-0.25, -0.2) is 5.06 Å². The van der Waals surface area contributed by atoms with Gasteiger partial charge in [0.2, 0.25) is 6.41 Å². The van der Waals surface area contributed by atoms with Crippen LogP contribution in [0.15, 0.2) is 28.7 Å². The minimum atomic E-state index is -3.43. The molecule has 1 unspecified atom stereocenters. The van der Waals surface area contributed by atoms with Crippen LogP contribution in [0.25, 0.3) is 0 Å². The normalized spacial score (nSPS) is 12.9. The first-order chi connectivity index (χ1) is 10.5. The molecule has 1 aromatic carbocycles. The molecule has 0 heterocycles. The Kier molecular flexibility index (Phi) is 8.28. The third-order valence-corrected chi connectivity index (χ3v) is 6.28. The second-order valence-corrected chi connectivity index (χ2v) is 7.54. The molecule has 0 aromatic heterocycles. The second-order valence-electron chi connectivity index (χ2n) is 4.47. The Balaban J connectivity index is 3.17. The second kappa shape index (κ2) is 9.43. The van der Waals surface area contributed by atoms with Crippen molar-refractivity contribution in [3.05, 3.63) is 34.3 Å². The molecule has 0 spiro atoms. The van der Waals surface area contributed by atoms with Crippen LogP contribution in [-0.2, 0) is 18.4 Å². The first-order valence-corrected chi connectivity index (χ1v) is 9.43. The molecule has 124 valence electrons. The number of benzene rings is 1. The van der Waals surface area contributed by atoms with Gasteiger partial charge in [0.25, 0.3) is 0 Å². The summed E-state index contributed by atoms with van der Waals surface area (Å²) in [5.74, 6) is 0. The zero-order valence-corrected chi connectivity index (χ0v) is 15.1. The van der Waals surface area contributed by atoms with Crippen LogP contribution in [-0.4, -0.2) is 36.4 Å². The van der Waals surface area contributed by atoms with E-state index in [4.69, 9.17) is 9.05 Å². The highest BCUT2D eigenvalue weighted by Gasteiger charge is 2.37. The molecule has 0 aliphatic carbocycles. The quantitative estimate of drug-likeness (QED) is 0.281. The van der Waals surface area contributed by atoms with Gasteiger partial charge in [-0.3, -0.25) is 14.6 Å². The van der Waals surface area contributed by atoms with Crippen molar-refractivity contribution in [1.29, 1.82) is 0 Å². The molecular formula is C14H21BrNO5P. The summed E-state index contributed by atoms with van der Waals surface area (Å²) in [5, 5.41) is 9.85. The van der Waals surface area contributed by atoms with E-state index in [1.165, 1.54) is 0 Å². The van der Waals surface area contributed by atoms with Gasteiger partial charge in [-0.1, -0.05) is 34.1 Å². The molecule has 0 aliphatic rings. The highest BCUT2D eigenvalue weighted by atomic mass is 79.9. The highest BCUT2D eigenvalue weighted by Crippen LogP contribution is 2.63. The molecule has 8 heteroatoms. The smallest absolute Gasteiger partial charge is 0.308 e. The van der Waals surface area contributed by atoms with E-state index in [9.17, 15) is 14.6 Å². The Labute approximate surface area is 139 Å². The average Bonchev–Trinajstić information content (AvgIpc) is 2.49. The number of hydrogen-bond acceptors (Lipinski definition) is 5. The Morgan fingerprint density at radius 2 is 1.91 bits per heavy atom. The van der Waals surface area contributed by atoms with Crippen LogP contribution in [0.3, 0.4) is 0 Å². The third-order valence-electron chi connectivity index (χ3n) is 3.02. The van der Waals surface area contributed by atoms with Gasteiger partial charge in [0.15, 0.2) is 0 Å². The van der Waals surface area contributed by atoms with E-state index in [-0.39, 0.29) is 26.2 Å². The standard InChI is InChI=1S/C14H21BrNO5P/c1-3-20-22(19,21-4-2)14(9-10-16(18)11-17)12-7-5-6-8-13(12)15/h5-8,11,14,18H,3-4,9-10H2,1-2H3. The van der Waals surface area contributed by atoms with Gasteiger partial charge in [0.05, 0.1) is 18.9 Å². The summed E-state index contributed by atoms with van der Waals surface area (Å²) in [6.07, 6.45) is 0.554. The van der Waals surface area contributed by atoms with Crippen molar-refractivity contribution in [2.45, 2.75) is 25.9 Å². The molecule has 1 rings (SSSR count). The predicted molar refractivity (Wildman–Crippen MR) is 86.9 cm³/mol. The molecule has 0 aliphatic heterocycles. The number of amides is 1. The van der Waals surface area contributed by atoms with Gasteiger partial charge in [0, 0.05) is 11.0 Å². The molecule has 0 bridgehead atoms. The molecule has 0 fully saturated rings. The fraction of sp³-hybridized carbons (Fsp3) is 0.500.